The fourth-order valence-corrected chi connectivity index (χ4v) is 3.24. The van der Waals surface area contributed by atoms with Crippen molar-refractivity contribution in [3.8, 4) is 5.69 Å². The van der Waals surface area contributed by atoms with Crippen molar-refractivity contribution in [3.05, 3.63) is 64.7 Å². The van der Waals surface area contributed by atoms with Gasteiger partial charge in [-0.05, 0) is 63.1 Å². The van der Waals surface area contributed by atoms with Gasteiger partial charge in [0.15, 0.2) is 5.15 Å². The first-order valence-electron chi connectivity index (χ1n) is 10.1. The third kappa shape index (κ3) is 7.52. The van der Waals surface area contributed by atoms with Gasteiger partial charge in [-0.1, -0.05) is 28.4 Å². The topological polar surface area (TPSA) is 111 Å². The molecule has 0 radical (unpaired) electrons. The van der Waals surface area contributed by atoms with Crippen molar-refractivity contribution < 1.29 is 14.3 Å². The molecule has 3 rings (SSSR count). The second kappa shape index (κ2) is 10.7. The Labute approximate surface area is 201 Å². The summed E-state index contributed by atoms with van der Waals surface area (Å²) in [7, 11) is 0. The third-order valence-corrected chi connectivity index (χ3v) is 4.74. The van der Waals surface area contributed by atoms with Crippen LogP contribution in [0.3, 0.4) is 0 Å². The molecular weight excluding hydrogens is 467 g/mol. The predicted molar refractivity (Wildman–Crippen MR) is 126 cm³/mol. The molecule has 1 amide bonds. The Morgan fingerprint density at radius 3 is 2.52 bits per heavy atom. The number of carbonyl (C=O) groups is 2. The molecule has 0 fully saturated rings. The van der Waals surface area contributed by atoms with Crippen LogP contribution in [0, 0.1) is 0 Å². The van der Waals surface area contributed by atoms with E-state index >= 15 is 0 Å². The van der Waals surface area contributed by atoms with Crippen molar-refractivity contribution in [2.24, 2.45) is 0 Å². The Hall–Kier alpha value is -3.01. The lowest BCUT2D eigenvalue weighted by Crippen LogP contribution is -2.45. The maximum absolute atomic E-state index is 12.7. The molecule has 3 aromatic rings. The van der Waals surface area contributed by atoms with E-state index in [2.05, 4.69) is 25.9 Å². The van der Waals surface area contributed by atoms with E-state index < -0.39 is 17.6 Å². The van der Waals surface area contributed by atoms with E-state index in [1.165, 1.54) is 10.9 Å². The van der Waals surface area contributed by atoms with E-state index in [0.717, 1.165) is 5.56 Å². The smallest absolute Gasteiger partial charge is 0.324 e. The van der Waals surface area contributed by atoms with E-state index in [4.69, 9.17) is 27.9 Å². The van der Waals surface area contributed by atoms with E-state index in [1.807, 2.05) is 0 Å². The number of hydrogen-bond donors (Lipinski definition) is 2. The van der Waals surface area contributed by atoms with Gasteiger partial charge in [-0.3, -0.25) is 19.9 Å². The highest BCUT2D eigenvalue weighted by molar-refractivity contribution is 6.31. The summed E-state index contributed by atoms with van der Waals surface area (Å²) < 4.78 is 6.95. The summed E-state index contributed by atoms with van der Waals surface area (Å²) in [5.74, 6) is -0.833. The van der Waals surface area contributed by atoms with E-state index in [9.17, 15) is 9.59 Å². The maximum Gasteiger partial charge on any atom is 0.324 e. The fraction of sp³-hybridized carbons (Fsp3) is 0.318. The zero-order chi connectivity index (χ0) is 24.0. The lowest BCUT2D eigenvalue weighted by atomic mass is 10.1. The van der Waals surface area contributed by atoms with Gasteiger partial charge in [-0.15, -0.1) is 5.10 Å². The van der Waals surface area contributed by atoms with Crippen LogP contribution in [-0.2, 0) is 20.7 Å². The number of carbonyl (C=O) groups excluding carboxylic acids is 2. The van der Waals surface area contributed by atoms with E-state index in [1.54, 1.807) is 63.5 Å². The second-order valence-corrected chi connectivity index (χ2v) is 9.05. The molecule has 1 aromatic carbocycles. The maximum atomic E-state index is 12.7. The molecule has 2 heterocycles. The minimum absolute atomic E-state index is 0.140. The molecule has 2 aromatic heterocycles. The highest BCUT2D eigenvalue weighted by atomic mass is 35.5. The Morgan fingerprint density at radius 1 is 1.15 bits per heavy atom. The van der Waals surface area contributed by atoms with Crippen LogP contribution < -0.4 is 10.6 Å². The standard InChI is InChI=1S/C22H24Cl2N6O3/c1-22(2,3)33-21(32)17(10-14-6-8-25-9-7-14)26-12-20(31)27-16-11-15(23)4-5-18(16)30-13-19(24)28-29-30/h4-9,11,13,17,26H,10,12H2,1-3H3,(H,27,31). The fourth-order valence-electron chi connectivity index (χ4n) is 2.95. The molecule has 0 saturated heterocycles. The van der Waals surface area contributed by atoms with Crippen LogP contribution in [0.4, 0.5) is 5.69 Å². The number of benzene rings is 1. The van der Waals surface area contributed by atoms with Gasteiger partial charge in [0, 0.05) is 17.4 Å². The molecule has 0 spiro atoms. The van der Waals surface area contributed by atoms with Crippen LogP contribution in [0.1, 0.15) is 26.3 Å². The molecule has 0 aliphatic carbocycles. The van der Waals surface area contributed by atoms with E-state index in [0.29, 0.717) is 22.8 Å². The van der Waals surface area contributed by atoms with Gasteiger partial charge in [0.05, 0.1) is 24.1 Å². The summed E-state index contributed by atoms with van der Waals surface area (Å²) in [4.78, 5) is 29.5. The molecule has 11 heteroatoms. The van der Waals surface area contributed by atoms with Gasteiger partial charge in [-0.25, -0.2) is 4.68 Å². The normalized spacial score (nSPS) is 12.3. The van der Waals surface area contributed by atoms with Gasteiger partial charge in [0.1, 0.15) is 11.6 Å². The zero-order valence-corrected chi connectivity index (χ0v) is 19.9. The van der Waals surface area contributed by atoms with Crippen molar-refractivity contribution in [2.45, 2.75) is 38.8 Å². The van der Waals surface area contributed by atoms with Crippen LogP contribution in [0.15, 0.2) is 48.9 Å². The number of rotatable bonds is 8. The van der Waals surface area contributed by atoms with Crippen LogP contribution >= 0.6 is 23.2 Å². The van der Waals surface area contributed by atoms with E-state index in [-0.39, 0.29) is 17.6 Å². The molecule has 1 unspecified atom stereocenters. The number of pyridine rings is 1. The number of amides is 1. The Balaban J connectivity index is 1.71. The quantitative estimate of drug-likeness (QED) is 0.465. The SMILES string of the molecule is CC(C)(C)OC(=O)C(Cc1ccncc1)NCC(=O)Nc1cc(Cl)ccc1-n1cc(Cl)nn1. The highest BCUT2D eigenvalue weighted by Gasteiger charge is 2.26. The first-order chi connectivity index (χ1) is 15.6. The van der Waals surface area contributed by atoms with Crippen molar-refractivity contribution in [2.75, 3.05) is 11.9 Å². The lowest BCUT2D eigenvalue weighted by molar-refractivity contribution is -0.157. The molecule has 33 heavy (non-hydrogen) atoms. The minimum atomic E-state index is -0.731. The van der Waals surface area contributed by atoms with Crippen LogP contribution in [0.25, 0.3) is 5.69 Å². The molecule has 0 bridgehead atoms. The molecule has 0 saturated carbocycles. The lowest BCUT2D eigenvalue weighted by Gasteiger charge is -2.24. The van der Waals surface area contributed by atoms with Crippen molar-refractivity contribution in [1.29, 1.82) is 0 Å². The Morgan fingerprint density at radius 2 is 1.88 bits per heavy atom. The van der Waals surface area contributed by atoms with Crippen molar-refractivity contribution >= 4 is 40.8 Å². The summed E-state index contributed by atoms with van der Waals surface area (Å²) >= 11 is 12.0. The number of hydrogen-bond acceptors (Lipinski definition) is 7. The van der Waals surface area contributed by atoms with Gasteiger partial charge in [-0.2, -0.15) is 0 Å². The molecule has 174 valence electrons. The zero-order valence-electron chi connectivity index (χ0n) is 18.4. The number of anilines is 1. The molecule has 2 N–H and O–H groups in total. The summed E-state index contributed by atoms with van der Waals surface area (Å²) in [6.07, 6.45) is 5.13. The van der Waals surface area contributed by atoms with Crippen LogP contribution in [0.5, 0.6) is 0 Å². The largest absolute Gasteiger partial charge is 0.459 e. The second-order valence-electron chi connectivity index (χ2n) is 8.22. The third-order valence-electron chi connectivity index (χ3n) is 4.33. The Kier molecular flexibility index (Phi) is 8.01. The summed E-state index contributed by atoms with van der Waals surface area (Å²) in [6, 6.07) is 7.82. The number of esters is 1. The number of halogens is 2. The number of ether oxygens (including phenoxy) is 1. The Bertz CT molecular complexity index is 1110. The van der Waals surface area contributed by atoms with Gasteiger partial charge >= 0.3 is 5.97 Å². The number of aromatic nitrogens is 4. The first-order valence-corrected chi connectivity index (χ1v) is 10.9. The average Bonchev–Trinajstić information content (AvgIpc) is 3.16. The monoisotopic (exact) mass is 490 g/mol. The molecule has 1 atom stereocenters. The average molecular weight is 491 g/mol. The predicted octanol–water partition coefficient (Wildman–Crippen LogP) is 3.45. The highest BCUT2D eigenvalue weighted by Crippen LogP contribution is 2.24. The number of nitrogens with one attached hydrogen (secondary N) is 2. The van der Waals surface area contributed by atoms with Crippen LogP contribution in [-0.4, -0.2) is 50.0 Å². The summed E-state index contributed by atoms with van der Waals surface area (Å²) in [5, 5.41) is 14.1. The summed E-state index contributed by atoms with van der Waals surface area (Å²) in [6.45, 7) is 5.23. The van der Waals surface area contributed by atoms with Crippen LogP contribution in [0.2, 0.25) is 10.2 Å². The molecular formula is C22H24Cl2N6O3. The number of nitrogens with zero attached hydrogens (tertiary/aromatic N) is 4. The first kappa shape index (κ1) is 24.6. The molecule has 0 aliphatic heterocycles. The summed E-state index contributed by atoms with van der Waals surface area (Å²) in [5.41, 5.74) is 1.17. The molecule has 0 aliphatic rings. The minimum Gasteiger partial charge on any atom is -0.459 e. The van der Waals surface area contributed by atoms with Crippen molar-refractivity contribution in [1.82, 2.24) is 25.3 Å². The van der Waals surface area contributed by atoms with Gasteiger partial charge in [0.2, 0.25) is 5.91 Å². The van der Waals surface area contributed by atoms with Crippen molar-refractivity contribution in [3.63, 3.8) is 0 Å². The molecule has 9 nitrogen and oxygen atoms in total. The van der Waals surface area contributed by atoms with Gasteiger partial charge < -0.3 is 10.1 Å². The van der Waals surface area contributed by atoms with Gasteiger partial charge in [0.25, 0.3) is 0 Å².